The maximum Gasteiger partial charge on any atom is 0.277 e. The van der Waals surface area contributed by atoms with Crippen molar-refractivity contribution in [3.05, 3.63) is 131 Å². The first-order valence-electron chi connectivity index (χ1n) is 10.5. The third kappa shape index (κ3) is 5.47. The molecule has 0 N–H and O–H groups in total. The van der Waals surface area contributed by atoms with E-state index in [9.17, 15) is 14.9 Å². The van der Waals surface area contributed by atoms with Gasteiger partial charge in [0.05, 0.1) is 11.3 Å². The van der Waals surface area contributed by atoms with Crippen molar-refractivity contribution < 1.29 is 14.3 Å². The highest BCUT2D eigenvalue weighted by Crippen LogP contribution is 2.20. The Morgan fingerprint density at radius 2 is 1.26 bits per heavy atom. The number of carbonyl (C=O) groups is 2. The number of carbonyl (C=O) groups excluding carboxylic acids is 2. The molecular weight excluding hydrogens is 426 g/mol. The number of hydrogen-bond acceptors (Lipinski definition) is 4. The van der Waals surface area contributed by atoms with Crippen LogP contribution in [0, 0.1) is 11.3 Å². The van der Waals surface area contributed by atoms with Gasteiger partial charge in [-0.25, -0.2) is 9.98 Å². The monoisotopic (exact) mass is 445 g/mol. The van der Waals surface area contributed by atoms with E-state index in [0.717, 1.165) is 5.56 Å². The van der Waals surface area contributed by atoms with Crippen LogP contribution in [0.4, 0.5) is 0 Å². The van der Waals surface area contributed by atoms with Crippen molar-refractivity contribution in [2.75, 3.05) is 0 Å². The Hall–Kier alpha value is -4.89. The lowest BCUT2D eigenvalue weighted by molar-refractivity contribution is 0.0994. The van der Waals surface area contributed by atoms with E-state index in [4.69, 9.17) is 4.74 Å². The van der Waals surface area contributed by atoms with E-state index < -0.39 is 11.8 Å². The average molecular weight is 445 g/mol. The molecule has 6 heteroatoms. The second-order valence-electron chi connectivity index (χ2n) is 7.29. The Morgan fingerprint density at radius 1 is 0.735 bits per heavy atom. The maximum atomic E-state index is 12.7. The number of hydrogen-bond donors (Lipinski definition) is 0. The molecule has 0 aromatic heterocycles. The van der Waals surface area contributed by atoms with Crippen molar-refractivity contribution in [2.45, 2.75) is 6.61 Å². The molecule has 34 heavy (non-hydrogen) atoms. The van der Waals surface area contributed by atoms with E-state index in [1.165, 1.54) is 12.2 Å². The zero-order valence-electron chi connectivity index (χ0n) is 18.1. The molecule has 1 aliphatic rings. The molecule has 0 fully saturated rings. The van der Waals surface area contributed by atoms with Crippen LogP contribution in [0.1, 0.15) is 26.3 Å². The minimum atomic E-state index is -0.508. The third-order valence-corrected chi connectivity index (χ3v) is 4.90. The van der Waals surface area contributed by atoms with Gasteiger partial charge in [-0.2, -0.15) is 5.26 Å². The molecule has 6 nitrogen and oxygen atoms in total. The van der Waals surface area contributed by atoms with Crippen LogP contribution >= 0.6 is 0 Å². The van der Waals surface area contributed by atoms with Gasteiger partial charge in [-0.1, -0.05) is 66.7 Å². The Morgan fingerprint density at radius 3 is 1.82 bits per heavy atom. The van der Waals surface area contributed by atoms with Gasteiger partial charge in [0.15, 0.2) is 0 Å². The molecule has 0 aliphatic heterocycles. The molecule has 0 atom stereocenters. The van der Waals surface area contributed by atoms with Gasteiger partial charge in [0.1, 0.15) is 24.1 Å². The lowest BCUT2D eigenvalue weighted by Gasteiger charge is -2.16. The molecule has 3 aromatic carbocycles. The highest BCUT2D eigenvalue weighted by molar-refractivity contribution is 6.28. The van der Waals surface area contributed by atoms with Gasteiger partial charge in [0.2, 0.25) is 0 Å². The van der Waals surface area contributed by atoms with E-state index in [-0.39, 0.29) is 29.4 Å². The van der Waals surface area contributed by atoms with E-state index >= 15 is 0 Å². The Bertz CT molecular complexity index is 1360. The Labute approximate surface area is 196 Å². The summed E-state index contributed by atoms with van der Waals surface area (Å²) in [5.41, 5.74) is 2.10. The smallest absolute Gasteiger partial charge is 0.277 e. The van der Waals surface area contributed by atoms with E-state index in [2.05, 4.69) is 9.98 Å². The summed E-state index contributed by atoms with van der Waals surface area (Å²) in [6.07, 6.45) is 2.94. The summed E-state index contributed by atoms with van der Waals surface area (Å²) in [6, 6.07) is 28.7. The first-order valence-corrected chi connectivity index (χ1v) is 10.5. The van der Waals surface area contributed by atoms with Crippen molar-refractivity contribution in [3.8, 4) is 6.07 Å². The summed E-state index contributed by atoms with van der Waals surface area (Å²) < 4.78 is 5.96. The van der Waals surface area contributed by atoms with Crippen LogP contribution < -0.4 is 0 Å². The molecule has 0 spiro atoms. The molecular formula is C28H19N3O3. The Balaban J connectivity index is 1.71. The third-order valence-electron chi connectivity index (χ3n) is 4.90. The first kappa shape index (κ1) is 22.3. The van der Waals surface area contributed by atoms with Crippen molar-refractivity contribution in [1.29, 1.82) is 5.26 Å². The van der Waals surface area contributed by atoms with Crippen molar-refractivity contribution >= 4 is 23.2 Å². The molecule has 0 radical (unpaired) electrons. The normalized spacial score (nSPS) is 15.3. The predicted octanol–water partition coefficient (Wildman–Crippen LogP) is 5.11. The molecule has 0 bridgehead atoms. The van der Waals surface area contributed by atoms with E-state index in [1.54, 1.807) is 60.7 Å². The zero-order valence-corrected chi connectivity index (χ0v) is 18.1. The van der Waals surface area contributed by atoms with Gasteiger partial charge in [0, 0.05) is 17.2 Å². The van der Waals surface area contributed by atoms with Crippen LogP contribution in [0.15, 0.2) is 124 Å². The average Bonchev–Trinajstić information content (AvgIpc) is 2.90. The molecule has 0 saturated heterocycles. The molecule has 0 saturated carbocycles. The van der Waals surface area contributed by atoms with Crippen LogP contribution in [0.25, 0.3) is 0 Å². The number of nitriles is 1. The summed E-state index contributed by atoms with van der Waals surface area (Å²) in [4.78, 5) is 33.6. The van der Waals surface area contributed by atoms with Crippen molar-refractivity contribution in [3.63, 3.8) is 0 Å². The summed E-state index contributed by atoms with van der Waals surface area (Å²) in [6.45, 7) is 0.184. The van der Waals surface area contributed by atoms with Gasteiger partial charge >= 0.3 is 0 Å². The van der Waals surface area contributed by atoms with Gasteiger partial charge in [-0.15, -0.1) is 0 Å². The summed E-state index contributed by atoms with van der Waals surface area (Å²) in [7, 11) is 0. The lowest BCUT2D eigenvalue weighted by Crippen LogP contribution is -2.19. The molecule has 0 unspecified atom stereocenters. The van der Waals surface area contributed by atoms with E-state index in [1.807, 2.05) is 36.4 Å². The van der Waals surface area contributed by atoms with Crippen molar-refractivity contribution in [1.82, 2.24) is 0 Å². The number of rotatable bonds is 5. The SMILES string of the molecule is N#CC1=CC(=NC(=O)c2ccccc2)C=C(OCc2ccccc2)C1=NC(=O)c1ccccc1. The highest BCUT2D eigenvalue weighted by atomic mass is 16.5. The van der Waals surface area contributed by atoms with Crippen LogP contribution in [-0.4, -0.2) is 23.2 Å². The minimum absolute atomic E-state index is 0.0782. The molecule has 4 rings (SSSR count). The quantitative estimate of drug-likeness (QED) is 0.510. The second-order valence-corrected chi connectivity index (χ2v) is 7.29. The summed E-state index contributed by atoms with van der Waals surface area (Å²) in [5.74, 6) is -0.776. The fourth-order valence-electron chi connectivity index (χ4n) is 3.21. The standard InChI is InChI=1S/C28H19N3O3/c29-18-23-16-24(30-27(32)21-12-6-2-7-13-21)17-25(34-19-20-10-4-1-5-11-20)26(23)31-28(33)22-14-8-3-9-15-22/h1-17H,19H2. The van der Waals surface area contributed by atoms with Crippen LogP contribution in [0.2, 0.25) is 0 Å². The van der Waals surface area contributed by atoms with Crippen LogP contribution in [0.5, 0.6) is 0 Å². The largest absolute Gasteiger partial charge is 0.487 e. The first-order chi connectivity index (χ1) is 16.6. The van der Waals surface area contributed by atoms with E-state index in [0.29, 0.717) is 11.1 Å². The molecule has 2 amide bonds. The van der Waals surface area contributed by atoms with Crippen molar-refractivity contribution in [2.24, 2.45) is 9.98 Å². The Kier molecular flexibility index (Phi) is 6.97. The fourth-order valence-corrected chi connectivity index (χ4v) is 3.21. The number of nitrogens with zero attached hydrogens (tertiary/aromatic N) is 3. The number of aliphatic imine (C=N–C) groups is 2. The van der Waals surface area contributed by atoms with Gasteiger partial charge < -0.3 is 4.74 Å². The molecule has 164 valence electrons. The molecule has 1 aliphatic carbocycles. The van der Waals surface area contributed by atoms with Crippen LogP contribution in [0.3, 0.4) is 0 Å². The molecule has 3 aromatic rings. The number of allylic oxidation sites excluding steroid dienone is 3. The summed E-state index contributed by atoms with van der Waals surface area (Å²) in [5, 5.41) is 9.78. The number of benzene rings is 3. The second kappa shape index (κ2) is 10.6. The lowest BCUT2D eigenvalue weighted by atomic mass is 10.0. The van der Waals surface area contributed by atoms with Gasteiger partial charge in [0.25, 0.3) is 11.8 Å². The number of ether oxygens (including phenoxy) is 1. The zero-order chi connectivity index (χ0) is 23.8. The minimum Gasteiger partial charge on any atom is -0.487 e. The number of amides is 2. The maximum absolute atomic E-state index is 12.7. The topological polar surface area (TPSA) is 91.9 Å². The fraction of sp³-hybridized carbons (Fsp3) is 0.0357. The predicted molar refractivity (Wildman–Crippen MR) is 129 cm³/mol. The van der Waals surface area contributed by atoms with Gasteiger partial charge in [-0.05, 0) is 35.9 Å². The molecule has 0 heterocycles. The summed E-state index contributed by atoms with van der Waals surface area (Å²) >= 11 is 0. The van der Waals surface area contributed by atoms with Crippen LogP contribution in [-0.2, 0) is 11.3 Å². The highest BCUT2D eigenvalue weighted by Gasteiger charge is 2.23. The van der Waals surface area contributed by atoms with Gasteiger partial charge in [-0.3, -0.25) is 9.59 Å².